The molecule has 2 nitrogen and oxygen atoms in total. The van der Waals surface area contributed by atoms with E-state index in [1.165, 1.54) is 43.5 Å². The van der Waals surface area contributed by atoms with E-state index < -0.39 is 0 Å². The van der Waals surface area contributed by atoms with Gasteiger partial charge in [-0.05, 0) is 34.1 Å². The van der Waals surface area contributed by atoms with Crippen LogP contribution >= 0.6 is 0 Å². The van der Waals surface area contributed by atoms with E-state index in [-0.39, 0.29) is 0 Å². The van der Waals surface area contributed by atoms with Gasteiger partial charge in [-0.1, -0.05) is 6.92 Å². The smallest absolute Gasteiger partial charge is 0.136 e. The van der Waals surface area contributed by atoms with Crippen molar-refractivity contribution in [3.63, 3.8) is 0 Å². The summed E-state index contributed by atoms with van der Waals surface area (Å²) in [5.41, 5.74) is 0.373. The number of rotatable bonds is 2. The average Bonchev–Trinajstić information content (AvgIpc) is 2.81. The summed E-state index contributed by atoms with van der Waals surface area (Å²) in [4.78, 5) is 2.77. The Balaban J connectivity index is 2.20. The van der Waals surface area contributed by atoms with Crippen LogP contribution in [-0.4, -0.2) is 46.8 Å². The lowest BCUT2D eigenvalue weighted by Gasteiger charge is -2.37. The molecule has 0 aromatic rings. The van der Waals surface area contributed by atoms with Crippen LogP contribution in [0.3, 0.4) is 0 Å². The van der Waals surface area contributed by atoms with Gasteiger partial charge in [-0.3, -0.25) is 0 Å². The highest BCUT2D eigenvalue weighted by Crippen LogP contribution is 2.38. The summed E-state index contributed by atoms with van der Waals surface area (Å²) >= 11 is 0. The fourth-order valence-electron chi connectivity index (χ4n) is 3.74. The molecule has 0 bridgehead atoms. The Morgan fingerprint density at radius 2 is 1.75 bits per heavy atom. The van der Waals surface area contributed by atoms with Crippen LogP contribution in [0, 0.1) is 0 Å². The summed E-state index contributed by atoms with van der Waals surface area (Å²) in [5.74, 6) is 0. The minimum atomic E-state index is 0.373. The lowest BCUT2D eigenvalue weighted by Crippen LogP contribution is -2.50. The summed E-state index contributed by atoms with van der Waals surface area (Å²) in [6.45, 7) is 16.2. The molecule has 2 heterocycles. The third kappa shape index (κ3) is 1.70. The van der Waals surface area contributed by atoms with Crippen LogP contribution in [0.15, 0.2) is 0 Å². The zero-order chi connectivity index (χ0) is 12.0. The van der Waals surface area contributed by atoms with Crippen LogP contribution in [-0.2, 0) is 0 Å². The Labute approximate surface area is 101 Å². The minimum absolute atomic E-state index is 0.373. The van der Waals surface area contributed by atoms with Gasteiger partial charge in [-0.25, -0.2) is 4.90 Å². The van der Waals surface area contributed by atoms with Crippen molar-refractivity contribution < 1.29 is 4.48 Å². The highest BCUT2D eigenvalue weighted by molar-refractivity contribution is 4.90. The van der Waals surface area contributed by atoms with Crippen LogP contribution in [0.4, 0.5) is 0 Å². The van der Waals surface area contributed by atoms with Crippen LogP contribution in [0.2, 0.25) is 0 Å². The second-order valence-electron chi connectivity index (χ2n) is 6.63. The highest BCUT2D eigenvalue weighted by atomic mass is 15.6. The van der Waals surface area contributed by atoms with E-state index in [1.54, 1.807) is 0 Å². The maximum absolute atomic E-state index is 2.77. The van der Waals surface area contributed by atoms with Crippen LogP contribution in [0.1, 0.15) is 53.9 Å². The molecular weight excluding hydrogens is 196 g/mol. The van der Waals surface area contributed by atoms with Gasteiger partial charge in [0.1, 0.15) is 12.7 Å². The van der Waals surface area contributed by atoms with Crippen molar-refractivity contribution in [2.75, 3.05) is 19.8 Å². The van der Waals surface area contributed by atoms with E-state index in [1.807, 2.05) is 0 Å². The van der Waals surface area contributed by atoms with E-state index in [0.29, 0.717) is 5.54 Å². The molecular formula is C14H29N2+. The fourth-order valence-corrected chi connectivity index (χ4v) is 3.74. The van der Waals surface area contributed by atoms with Gasteiger partial charge in [-0.15, -0.1) is 0 Å². The van der Waals surface area contributed by atoms with Gasteiger partial charge in [0, 0.05) is 18.4 Å². The average molecular weight is 225 g/mol. The molecule has 0 aromatic carbocycles. The molecule has 0 amide bonds. The molecule has 2 aliphatic rings. The first-order valence-electron chi connectivity index (χ1n) is 7.05. The Morgan fingerprint density at radius 3 is 2.25 bits per heavy atom. The molecule has 0 aromatic heterocycles. The molecule has 16 heavy (non-hydrogen) atoms. The standard InChI is InChI=1S/C14H29N2/c1-6-14(4,5)15-11-16(9-7-8-10-16)13(3)12(15)2/h12-13H,6-11H2,1-5H3/q+1. The summed E-state index contributed by atoms with van der Waals surface area (Å²) in [6.07, 6.45) is 4.14. The van der Waals surface area contributed by atoms with Crippen molar-refractivity contribution in [1.82, 2.24) is 4.90 Å². The molecule has 0 aliphatic carbocycles. The zero-order valence-corrected chi connectivity index (χ0v) is 11.8. The zero-order valence-electron chi connectivity index (χ0n) is 11.8. The quantitative estimate of drug-likeness (QED) is 0.653. The maximum atomic E-state index is 2.77. The SMILES string of the molecule is CCC(C)(C)N1C[N+]2(CCCC2)C(C)C1C. The van der Waals surface area contributed by atoms with Crippen molar-refractivity contribution in [2.45, 2.75) is 71.5 Å². The maximum Gasteiger partial charge on any atom is 0.136 e. The van der Waals surface area contributed by atoms with Crippen LogP contribution in [0.25, 0.3) is 0 Å². The number of quaternary nitrogens is 1. The number of hydrogen-bond donors (Lipinski definition) is 0. The van der Waals surface area contributed by atoms with Crippen molar-refractivity contribution in [1.29, 1.82) is 0 Å². The van der Waals surface area contributed by atoms with Gasteiger partial charge >= 0.3 is 0 Å². The second kappa shape index (κ2) is 3.99. The Hall–Kier alpha value is -0.0800. The highest BCUT2D eigenvalue weighted by Gasteiger charge is 2.52. The molecule has 0 radical (unpaired) electrons. The van der Waals surface area contributed by atoms with Gasteiger partial charge < -0.3 is 4.48 Å². The van der Waals surface area contributed by atoms with Gasteiger partial charge in [0.2, 0.25) is 0 Å². The number of hydrogen-bond acceptors (Lipinski definition) is 1. The number of nitrogens with zero attached hydrogens (tertiary/aromatic N) is 2. The first kappa shape index (κ1) is 12.4. The van der Waals surface area contributed by atoms with Crippen LogP contribution < -0.4 is 0 Å². The lowest BCUT2D eigenvalue weighted by molar-refractivity contribution is -0.930. The summed E-state index contributed by atoms with van der Waals surface area (Å²) < 4.78 is 1.38. The van der Waals surface area contributed by atoms with E-state index in [9.17, 15) is 0 Å². The van der Waals surface area contributed by atoms with E-state index in [0.717, 1.165) is 12.1 Å². The monoisotopic (exact) mass is 225 g/mol. The second-order valence-corrected chi connectivity index (χ2v) is 6.63. The predicted octanol–water partition coefficient (Wildman–Crippen LogP) is 2.84. The van der Waals surface area contributed by atoms with Gasteiger partial charge in [-0.2, -0.15) is 0 Å². The van der Waals surface area contributed by atoms with Crippen molar-refractivity contribution in [3.8, 4) is 0 Å². The Morgan fingerprint density at radius 1 is 1.19 bits per heavy atom. The molecule has 2 fully saturated rings. The molecule has 2 unspecified atom stereocenters. The molecule has 2 rings (SSSR count). The van der Waals surface area contributed by atoms with Crippen molar-refractivity contribution in [2.24, 2.45) is 0 Å². The molecule has 2 aliphatic heterocycles. The van der Waals surface area contributed by atoms with E-state index in [2.05, 4.69) is 39.5 Å². The lowest BCUT2D eigenvalue weighted by atomic mass is 9.97. The van der Waals surface area contributed by atoms with Crippen LogP contribution in [0.5, 0.6) is 0 Å². The Kier molecular flexibility index (Phi) is 3.09. The molecule has 1 spiro atoms. The molecule has 94 valence electrons. The summed E-state index contributed by atoms with van der Waals surface area (Å²) in [5, 5.41) is 0. The van der Waals surface area contributed by atoms with Crippen molar-refractivity contribution >= 4 is 0 Å². The molecule has 2 saturated heterocycles. The topological polar surface area (TPSA) is 3.24 Å². The molecule has 0 saturated carbocycles. The van der Waals surface area contributed by atoms with Gasteiger partial charge in [0.15, 0.2) is 0 Å². The third-order valence-electron chi connectivity index (χ3n) is 5.59. The molecule has 0 N–H and O–H groups in total. The van der Waals surface area contributed by atoms with E-state index in [4.69, 9.17) is 0 Å². The van der Waals surface area contributed by atoms with Crippen molar-refractivity contribution in [3.05, 3.63) is 0 Å². The summed E-state index contributed by atoms with van der Waals surface area (Å²) in [7, 11) is 0. The van der Waals surface area contributed by atoms with E-state index >= 15 is 0 Å². The fraction of sp³-hybridized carbons (Fsp3) is 1.00. The normalized spacial score (nSPS) is 35.1. The first-order valence-corrected chi connectivity index (χ1v) is 7.05. The predicted molar refractivity (Wildman–Crippen MR) is 69.2 cm³/mol. The Bertz CT molecular complexity index is 253. The molecule has 2 heteroatoms. The summed E-state index contributed by atoms with van der Waals surface area (Å²) in [6, 6.07) is 1.57. The largest absolute Gasteiger partial charge is 0.308 e. The van der Waals surface area contributed by atoms with Gasteiger partial charge in [0.25, 0.3) is 0 Å². The van der Waals surface area contributed by atoms with Gasteiger partial charge in [0.05, 0.1) is 19.1 Å². The first-order chi connectivity index (χ1) is 7.43. The minimum Gasteiger partial charge on any atom is -0.308 e. The molecule has 2 atom stereocenters. The third-order valence-corrected chi connectivity index (χ3v) is 5.59.